The number of unbranched alkanes of at least 4 members (excludes halogenated alkanes) is 1. The maximum atomic E-state index is 13.9. The zero-order valence-electron chi connectivity index (χ0n) is 25.2. The molecule has 1 aliphatic rings. The minimum Gasteiger partial charge on any atom is -0.458 e. The van der Waals surface area contributed by atoms with Gasteiger partial charge < -0.3 is 30.6 Å². The number of aryl methyl sites for hydroxylation is 1. The van der Waals surface area contributed by atoms with Gasteiger partial charge in [-0.3, -0.25) is 0 Å². The average Bonchev–Trinajstić information content (AvgIpc) is 3.47. The molecule has 0 bridgehead atoms. The van der Waals surface area contributed by atoms with Crippen LogP contribution in [0.15, 0.2) is 42.5 Å². The topological polar surface area (TPSA) is 146 Å². The van der Waals surface area contributed by atoms with Crippen LogP contribution in [0, 0.1) is 11.6 Å². The number of esters is 1. The number of halogens is 2. The first-order chi connectivity index (χ1) is 21.0. The molecule has 0 aromatic heterocycles. The summed E-state index contributed by atoms with van der Waals surface area (Å²) in [6.07, 6.45) is -0.257. The first-order valence-electron chi connectivity index (χ1n) is 14.9. The van der Waals surface area contributed by atoms with E-state index in [1.807, 2.05) is 38.1 Å². The molecule has 44 heavy (non-hydrogen) atoms. The minimum atomic E-state index is -3.76. The molecule has 1 fully saturated rings. The smallest absolute Gasteiger partial charge is 0.408 e. The summed E-state index contributed by atoms with van der Waals surface area (Å²) in [5, 5.41) is 5.55. The molecule has 1 heterocycles. The Bertz CT molecular complexity index is 1320. The summed E-state index contributed by atoms with van der Waals surface area (Å²) >= 11 is 0. The molecule has 1 saturated heterocycles. The van der Waals surface area contributed by atoms with Crippen molar-refractivity contribution in [3.63, 3.8) is 0 Å². The molecule has 3 rings (SSSR count). The number of rotatable bonds is 17. The third-order valence-electron chi connectivity index (χ3n) is 7.18. The van der Waals surface area contributed by atoms with Crippen LogP contribution in [-0.4, -0.2) is 76.0 Å². The van der Waals surface area contributed by atoms with Gasteiger partial charge in [-0.25, -0.2) is 26.8 Å². The summed E-state index contributed by atoms with van der Waals surface area (Å²) in [7, 11) is -3.76. The van der Waals surface area contributed by atoms with Crippen molar-refractivity contribution >= 4 is 21.9 Å². The lowest BCUT2D eigenvalue weighted by Gasteiger charge is -2.27. The standard InChI is InChI=1S/C31H43F2N3O7S/c1-3-5-11-44(39,40)20-28(36-31(38)42-26-9-10-41-19-26)30(37)43-29(18-35-17-22-8-6-7-21(4-2)12-22)27(34)15-23-13-24(32)16-25(33)14-23/h6-8,12-14,16,26-29,35H,3-5,9-11,15,17-20,34H2,1-2H3,(H,36,38)/t26-,27?,28+,29+/m0/s1. The second-order valence-corrected chi connectivity index (χ2v) is 13.2. The van der Waals surface area contributed by atoms with Gasteiger partial charge in [-0.05, 0) is 48.1 Å². The van der Waals surface area contributed by atoms with E-state index in [0.717, 1.165) is 35.7 Å². The Balaban J connectivity index is 1.78. The largest absolute Gasteiger partial charge is 0.458 e. The van der Waals surface area contributed by atoms with Crippen LogP contribution in [0.5, 0.6) is 0 Å². The number of amides is 1. The van der Waals surface area contributed by atoms with Crippen LogP contribution in [0.1, 0.15) is 49.8 Å². The Hall–Kier alpha value is -3.13. The monoisotopic (exact) mass is 639 g/mol. The molecular weight excluding hydrogens is 596 g/mol. The van der Waals surface area contributed by atoms with E-state index in [9.17, 15) is 26.8 Å². The third-order valence-corrected chi connectivity index (χ3v) is 8.93. The van der Waals surface area contributed by atoms with E-state index in [2.05, 4.69) is 10.6 Å². The zero-order chi connectivity index (χ0) is 32.1. The molecule has 10 nitrogen and oxygen atoms in total. The van der Waals surface area contributed by atoms with Gasteiger partial charge in [0.15, 0.2) is 9.84 Å². The van der Waals surface area contributed by atoms with Gasteiger partial charge in [0, 0.05) is 31.6 Å². The van der Waals surface area contributed by atoms with E-state index in [4.69, 9.17) is 19.9 Å². The first kappa shape index (κ1) is 35.4. The van der Waals surface area contributed by atoms with Gasteiger partial charge >= 0.3 is 12.1 Å². The second-order valence-electron chi connectivity index (χ2n) is 11.0. The van der Waals surface area contributed by atoms with Crippen molar-refractivity contribution in [2.75, 3.05) is 31.3 Å². The van der Waals surface area contributed by atoms with Gasteiger partial charge in [0.1, 0.15) is 29.9 Å². The predicted molar refractivity (Wildman–Crippen MR) is 162 cm³/mol. The molecule has 2 aromatic rings. The van der Waals surface area contributed by atoms with Crippen molar-refractivity contribution in [1.82, 2.24) is 10.6 Å². The van der Waals surface area contributed by atoms with Crippen LogP contribution in [-0.2, 0) is 48.2 Å². The summed E-state index contributed by atoms with van der Waals surface area (Å²) < 4.78 is 69.6. The highest BCUT2D eigenvalue weighted by Crippen LogP contribution is 2.14. The molecule has 0 aliphatic carbocycles. The van der Waals surface area contributed by atoms with Crippen molar-refractivity contribution in [3.05, 3.63) is 70.8 Å². The maximum absolute atomic E-state index is 13.9. The molecule has 1 unspecified atom stereocenters. The van der Waals surface area contributed by atoms with E-state index in [1.54, 1.807) is 0 Å². The summed E-state index contributed by atoms with van der Waals surface area (Å²) in [4.78, 5) is 26.1. The number of carbonyl (C=O) groups excluding carboxylic acids is 2. The predicted octanol–water partition coefficient (Wildman–Crippen LogP) is 3.20. The summed E-state index contributed by atoms with van der Waals surface area (Å²) in [6.45, 7) is 4.94. The molecule has 0 spiro atoms. The molecule has 244 valence electrons. The highest BCUT2D eigenvalue weighted by molar-refractivity contribution is 7.91. The Morgan fingerprint density at radius 1 is 1.09 bits per heavy atom. The van der Waals surface area contributed by atoms with Gasteiger partial charge in [-0.2, -0.15) is 0 Å². The molecule has 1 aliphatic heterocycles. The number of hydrogen-bond donors (Lipinski definition) is 3. The number of alkyl carbamates (subject to hydrolysis) is 1. The van der Waals surface area contributed by atoms with E-state index in [0.29, 0.717) is 32.4 Å². The fourth-order valence-corrected chi connectivity index (χ4v) is 6.39. The van der Waals surface area contributed by atoms with Gasteiger partial charge in [-0.15, -0.1) is 0 Å². The van der Waals surface area contributed by atoms with Crippen LogP contribution in [0.2, 0.25) is 0 Å². The molecule has 1 amide bonds. The van der Waals surface area contributed by atoms with Crippen LogP contribution in [0.4, 0.5) is 13.6 Å². The van der Waals surface area contributed by atoms with Gasteiger partial charge in [-0.1, -0.05) is 44.5 Å². The van der Waals surface area contributed by atoms with Crippen LogP contribution in [0.3, 0.4) is 0 Å². The third kappa shape index (κ3) is 12.1. The van der Waals surface area contributed by atoms with E-state index in [1.165, 1.54) is 0 Å². The summed E-state index contributed by atoms with van der Waals surface area (Å²) in [6, 6.07) is 8.42. The molecule has 4 N–H and O–H groups in total. The average molecular weight is 640 g/mol. The lowest BCUT2D eigenvalue weighted by atomic mass is 10.0. The molecule has 0 radical (unpaired) electrons. The van der Waals surface area contributed by atoms with E-state index < -0.39 is 63.6 Å². The number of nitrogens with one attached hydrogen (secondary N) is 2. The van der Waals surface area contributed by atoms with E-state index >= 15 is 0 Å². The van der Waals surface area contributed by atoms with Crippen molar-refractivity contribution in [1.29, 1.82) is 0 Å². The summed E-state index contributed by atoms with van der Waals surface area (Å²) in [5.74, 6) is -3.45. The van der Waals surface area contributed by atoms with Gasteiger partial charge in [0.2, 0.25) is 0 Å². The Morgan fingerprint density at radius 3 is 2.48 bits per heavy atom. The lowest BCUT2D eigenvalue weighted by Crippen LogP contribution is -2.52. The lowest BCUT2D eigenvalue weighted by molar-refractivity contribution is -0.151. The maximum Gasteiger partial charge on any atom is 0.408 e. The highest BCUT2D eigenvalue weighted by atomic mass is 32.2. The second kappa shape index (κ2) is 17.4. The summed E-state index contributed by atoms with van der Waals surface area (Å²) in [5.41, 5.74) is 8.80. The van der Waals surface area contributed by atoms with Crippen LogP contribution >= 0.6 is 0 Å². The number of sulfone groups is 1. The van der Waals surface area contributed by atoms with Gasteiger partial charge in [0.05, 0.1) is 24.7 Å². The molecule has 13 heteroatoms. The fraction of sp³-hybridized carbons (Fsp3) is 0.548. The quantitative estimate of drug-likeness (QED) is 0.222. The van der Waals surface area contributed by atoms with Gasteiger partial charge in [0.25, 0.3) is 0 Å². The Kier molecular flexibility index (Phi) is 14.0. The van der Waals surface area contributed by atoms with Crippen molar-refractivity contribution in [2.45, 2.75) is 76.8 Å². The number of hydrogen-bond acceptors (Lipinski definition) is 9. The van der Waals surface area contributed by atoms with Crippen molar-refractivity contribution in [3.8, 4) is 0 Å². The number of carbonyl (C=O) groups is 2. The highest BCUT2D eigenvalue weighted by Gasteiger charge is 2.33. The Labute approximate surface area is 257 Å². The van der Waals surface area contributed by atoms with Crippen LogP contribution in [0.25, 0.3) is 0 Å². The normalized spacial score (nSPS) is 17.1. The fourth-order valence-electron chi connectivity index (χ4n) is 4.77. The number of benzene rings is 2. The molecule has 4 atom stereocenters. The number of nitrogens with two attached hydrogens (primary N) is 1. The first-order valence-corrected chi connectivity index (χ1v) is 16.7. The zero-order valence-corrected chi connectivity index (χ0v) is 26.0. The SMILES string of the molecule is CCCCS(=O)(=O)C[C@@H](NC(=O)O[C@H]1CCOC1)C(=O)O[C@H](CNCc1cccc(CC)c1)C(N)Cc1cc(F)cc(F)c1. The van der Waals surface area contributed by atoms with E-state index in [-0.39, 0.29) is 30.9 Å². The number of ether oxygens (including phenoxy) is 3. The molecule has 2 aromatic carbocycles. The van der Waals surface area contributed by atoms with Crippen molar-refractivity contribution in [2.24, 2.45) is 5.73 Å². The Morgan fingerprint density at radius 2 is 1.82 bits per heavy atom. The van der Waals surface area contributed by atoms with Crippen molar-refractivity contribution < 1.29 is 41.0 Å². The molecule has 0 saturated carbocycles. The molecular formula is C31H43F2N3O7S. The van der Waals surface area contributed by atoms with Crippen LogP contribution < -0.4 is 16.4 Å². The minimum absolute atomic E-state index is 0.0419.